The molecule has 0 spiro atoms. The summed E-state index contributed by atoms with van der Waals surface area (Å²) >= 11 is 12.5. The molecule has 2 aliphatic heterocycles. The lowest BCUT2D eigenvalue weighted by Crippen LogP contribution is -2.48. The second-order valence-corrected chi connectivity index (χ2v) is 8.13. The lowest BCUT2D eigenvalue weighted by atomic mass is 9.96. The summed E-state index contributed by atoms with van der Waals surface area (Å²) in [5.41, 5.74) is 1.07. The van der Waals surface area contributed by atoms with Crippen molar-refractivity contribution in [3.05, 3.63) is 33.8 Å². The Labute approximate surface area is 161 Å². The fourth-order valence-corrected chi connectivity index (χ4v) is 4.49. The summed E-state index contributed by atoms with van der Waals surface area (Å²) in [4.78, 5) is 7.48. The van der Waals surface area contributed by atoms with Gasteiger partial charge in [0.15, 0.2) is 0 Å². The first-order chi connectivity index (χ1) is 12.1. The first kappa shape index (κ1) is 19.4. The van der Waals surface area contributed by atoms with E-state index in [9.17, 15) is 5.11 Å². The Hall–Kier alpha value is -0.360. The monoisotopic (exact) mass is 385 g/mol. The van der Waals surface area contributed by atoms with E-state index in [1.54, 1.807) is 0 Å². The van der Waals surface area contributed by atoms with Crippen molar-refractivity contribution in [3.63, 3.8) is 0 Å². The van der Waals surface area contributed by atoms with Crippen LogP contribution in [0, 0.1) is 11.8 Å². The first-order valence-corrected chi connectivity index (χ1v) is 10.1. The largest absolute Gasteiger partial charge is 0.396 e. The van der Waals surface area contributed by atoms with E-state index >= 15 is 0 Å². The van der Waals surface area contributed by atoms with E-state index in [4.69, 9.17) is 23.2 Å². The fourth-order valence-electron chi connectivity index (χ4n) is 4.11. The summed E-state index contributed by atoms with van der Waals surface area (Å²) in [6.07, 6.45) is 0. The van der Waals surface area contributed by atoms with Crippen LogP contribution in [0.15, 0.2) is 18.2 Å². The summed E-state index contributed by atoms with van der Waals surface area (Å²) in [7, 11) is 0. The van der Waals surface area contributed by atoms with Gasteiger partial charge < -0.3 is 14.9 Å². The van der Waals surface area contributed by atoms with Crippen molar-refractivity contribution in [2.24, 2.45) is 11.8 Å². The van der Waals surface area contributed by atoms with Crippen LogP contribution in [0.5, 0.6) is 0 Å². The Bertz CT molecular complexity index is 564. The van der Waals surface area contributed by atoms with Gasteiger partial charge in [-0.15, -0.1) is 0 Å². The number of aliphatic hydroxyl groups is 1. The Morgan fingerprint density at radius 2 is 1.68 bits per heavy atom. The predicted molar refractivity (Wildman–Crippen MR) is 104 cm³/mol. The van der Waals surface area contributed by atoms with Crippen LogP contribution in [-0.4, -0.2) is 78.8 Å². The van der Waals surface area contributed by atoms with Gasteiger partial charge in [-0.25, -0.2) is 0 Å². The van der Waals surface area contributed by atoms with Crippen LogP contribution < -0.4 is 0 Å². The lowest BCUT2D eigenvalue weighted by molar-refractivity contribution is 0.106. The van der Waals surface area contributed by atoms with Crippen molar-refractivity contribution in [2.75, 3.05) is 59.0 Å². The second kappa shape index (κ2) is 9.03. The van der Waals surface area contributed by atoms with Crippen molar-refractivity contribution >= 4 is 23.2 Å². The second-order valence-electron chi connectivity index (χ2n) is 7.34. The molecule has 2 fully saturated rings. The quantitative estimate of drug-likeness (QED) is 0.814. The smallest absolute Gasteiger partial charge is 0.0637 e. The molecule has 1 aromatic rings. The number of aliphatic hydroxyl groups excluding tert-OH is 1. The van der Waals surface area contributed by atoms with Gasteiger partial charge in [0.25, 0.3) is 0 Å². The molecule has 0 bridgehead atoms. The Morgan fingerprint density at radius 3 is 2.36 bits per heavy atom. The molecule has 2 atom stereocenters. The van der Waals surface area contributed by atoms with Crippen LogP contribution in [0.2, 0.25) is 10.0 Å². The zero-order chi connectivity index (χ0) is 17.8. The number of benzene rings is 1. The number of piperazine rings is 1. The molecule has 6 heteroatoms. The van der Waals surface area contributed by atoms with Crippen LogP contribution in [0.25, 0.3) is 0 Å². The maximum Gasteiger partial charge on any atom is 0.0637 e. The van der Waals surface area contributed by atoms with Gasteiger partial charge in [0.1, 0.15) is 0 Å². The van der Waals surface area contributed by atoms with E-state index in [0.29, 0.717) is 21.9 Å². The van der Waals surface area contributed by atoms with Crippen molar-refractivity contribution in [1.82, 2.24) is 14.7 Å². The van der Waals surface area contributed by atoms with Crippen LogP contribution in [0.4, 0.5) is 0 Å². The molecule has 25 heavy (non-hydrogen) atoms. The van der Waals surface area contributed by atoms with Gasteiger partial charge in [-0.3, -0.25) is 4.90 Å². The molecule has 2 heterocycles. The summed E-state index contributed by atoms with van der Waals surface area (Å²) < 4.78 is 0. The third-order valence-electron chi connectivity index (χ3n) is 5.72. The van der Waals surface area contributed by atoms with Crippen molar-refractivity contribution < 1.29 is 5.11 Å². The summed E-state index contributed by atoms with van der Waals surface area (Å²) in [6, 6.07) is 5.82. The molecule has 3 rings (SSSR count). The molecular formula is C19H29Cl2N3O. The fraction of sp³-hybridized carbons (Fsp3) is 0.684. The number of hydrogen-bond acceptors (Lipinski definition) is 4. The average molecular weight is 386 g/mol. The number of likely N-dealkylation sites (N-methyl/N-ethyl adjacent to an activating group) is 1. The third kappa shape index (κ3) is 4.88. The molecule has 0 amide bonds. The highest BCUT2D eigenvalue weighted by Crippen LogP contribution is 2.30. The number of halogens is 2. The van der Waals surface area contributed by atoms with Gasteiger partial charge in [-0.1, -0.05) is 42.3 Å². The van der Waals surface area contributed by atoms with E-state index < -0.39 is 0 Å². The Balaban J connectivity index is 1.56. The molecule has 140 valence electrons. The van der Waals surface area contributed by atoms with Crippen LogP contribution in [-0.2, 0) is 6.54 Å². The molecule has 1 N–H and O–H groups in total. The summed E-state index contributed by atoms with van der Waals surface area (Å²) in [5, 5.41) is 11.1. The maximum atomic E-state index is 9.83. The molecule has 2 saturated heterocycles. The highest BCUT2D eigenvalue weighted by Gasteiger charge is 2.34. The molecular weight excluding hydrogens is 357 g/mol. The molecule has 2 aliphatic rings. The lowest BCUT2D eigenvalue weighted by Gasteiger charge is -2.36. The highest BCUT2D eigenvalue weighted by molar-refractivity contribution is 6.42. The minimum Gasteiger partial charge on any atom is -0.396 e. The molecule has 0 aromatic heterocycles. The Kier molecular flexibility index (Phi) is 7.01. The highest BCUT2D eigenvalue weighted by atomic mass is 35.5. The molecule has 0 aliphatic carbocycles. The molecule has 1 aromatic carbocycles. The zero-order valence-electron chi connectivity index (χ0n) is 15.0. The van der Waals surface area contributed by atoms with Gasteiger partial charge in [-0.05, 0) is 30.0 Å². The van der Waals surface area contributed by atoms with Gasteiger partial charge in [0.2, 0.25) is 0 Å². The number of nitrogens with zero attached hydrogens (tertiary/aromatic N) is 3. The van der Waals surface area contributed by atoms with Gasteiger partial charge >= 0.3 is 0 Å². The third-order valence-corrected chi connectivity index (χ3v) is 6.57. The van der Waals surface area contributed by atoms with Gasteiger partial charge in [0, 0.05) is 59.0 Å². The predicted octanol–water partition coefficient (Wildman–Crippen LogP) is 2.67. The summed E-state index contributed by atoms with van der Waals surface area (Å²) in [5.74, 6) is 0.873. The molecule has 0 saturated carbocycles. The van der Waals surface area contributed by atoms with E-state index in [-0.39, 0.29) is 6.61 Å². The van der Waals surface area contributed by atoms with E-state index in [1.165, 1.54) is 0 Å². The molecule has 0 unspecified atom stereocenters. The minimum atomic E-state index is 0.263. The number of rotatable bonds is 6. The average Bonchev–Trinajstić information content (AvgIpc) is 3.01. The van der Waals surface area contributed by atoms with Crippen molar-refractivity contribution in [2.45, 2.75) is 13.5 Å². The van der Waals surface area contributed by atoms with E-state index in [1.807, 2.05) is 18.2 Å². The maximum absolute atomic E-state index is 9.83. The van der Waals surface area contributed by atoms with E-state index in [0.717, 1.165) is 64.5 Å². The SMILES string of the molecule is CCN1CCN(C[C@@H]2CN(Cc3cccc(Cl)c3Cl)C[C@@H]2CO)CC1. The summed E-state index contributed by atoms with van der Waals surface area (Å²) in [6.45, 7) is 12.1. The molecule has 4 nitrogen and oxygen atoms in total. The first-order valence-electron chi connectivity index (χ1n) is 9.31. The van der Waals surface area contributed by atoms with E-state index in [2.05, 4.69) is 21.6 Å². The zero-order valence-corrected chi connectivity index (χ0v) is 16.5. The minimum absolute atomic E-state index is 0.263. The van der Waals surface area contributed by atoms with Gasteiger partial charge in [-0.2, -0.15) is 0 Å². The topological polar surface area (TPSA) is 30.0 Å². The van der Waals surface area contributed by atoms with Crippen LogP contribution >= 0.6 is 23.2 Å². The van der Waals surface area contributed by atoms with Gasteiger partial charge in [0.05, 0.1) is 10.0 Å². The van der Waals surface area contributed by atoms with Crippen molar-refractivity contribution in [3.8, 4) is 0 Å². The number of hydrogen-bond donors (Lipinski definition) is 1. The van der Waals surface area contributed by atoms with Crippen molar-refractivity contribution in [1.29, 1.82) is 0 Å². The molecule has 0 radical (unpaired) electrons. The standard InChI is InChI=1S/C19H29Cl2N3O/c1-2-22-6-8-23(9-7-22)11-16-12-24(13-17(16)14-25)10-15-4-3-5-18(20)19(15)21/h3-5,16-17,25H,2,6-14H2,1H3/t16-,17-/m1/s1. The Morgan fingerprint density at radius 1 is 1.00 bits per heavy atom. The van der Waals surface area contributed by atoms with Crippen LogP contribution in [0.1, 0.15) is 12.5 Å². The van der Waals surface area contributed by atoms with Crippen LogP contribution in [0.3, 0.4) is 0 Å². The number of likely N-dealkylation sites (tertiary alicyclic amines) is 1. The normalized spacial score (nSPS) is 26.4.